The second-order valence-electron chi connectivity index (χ2n) is 5.95. The van der Waals surface area contributed by atoms with Crippen LogP contribution >= 0.6 is 11.3 Å². The first kappa shape index (κ1) is 15.3. The number of fused-ring (bicyclic) bond motifs is 1. The fraction of sp³-hybridized carbons (Fsp3) is 0.412. The summed E-state index contributed by atoms with van der Waals surface area (Å²) < 4.78 is 12.8. The molecule has 7 heteroatoms. The normalized spacial score (nSPS) is 17.6. The highest BCUT2D eigenvalue weighted by Crippen LogP contribution is 2.42. The van der Waals surface area contributed by atoms with Crippen molar-refractivity contribution in [1.29, 1.82) is 0 Å². The van der Waals surface area contributed by atoms with Gasteiger partial charge in [0, 0.05) is 18.2 Å². The quantitative estimate of drug-likeness (QED) is 0.725. The van der Waals surface area contributed by atoms with Gasteiger partial charge in [-0.25, -0.2) is 9.50 Å². The number of rotatable bonds is 4. The van der Waals surface area contributed by atoms with E-state index in [-0.39, 0.29) is 6.04 Å². The number of hydrogen-bond acceptors (Lipinski definition) is 6. The summed E-state index contributed by atoms with van der Waals surface area (Å²) in [5.41, 5.74) is 2.18. The molecule has 1 fully saturated rings. The summed E-state index contributed by atoms with van der Waals surface area (Å²) in [6.07, 6.45) is 4.19. The van der Waals surface area contributed by atoms with Crippen molar-refractivity contribution in [2.45, 2.75) is 25.8 Å². The zero-order valence-electron chi connectivity index (χ0n) is 14.0. The highest BCUT2D eigenvalue weighted by Gasteiger charge is 2.31. The van der Waals surface area contributed by atoms with Crippen LogP contribution in [0.4, 0.5) is 5.13 Å². The summed E-state index contributed by atoms with van der Waals surface area (Å²) in [6, 6.07) is 6.31. The van der Waals surface area contributed by atoms with Gasteiger partial charge >= 0.3 is 0 Å². The second-order valence-corrected chi connectivity index (χ2v) is 6.89. The van der Waals surface area contributed by atoms with E-state index in [1.165, 1.54) is 5.56 Å². The van der Waals surface area contributed by atoms with Gasteiger partial charge in [0.1, 0.15) is 11.5 Å². The Hall–Kier alpha value is -2.28. The van der Waals surface area contributed by atoms with Crippen LogP contribution in [0, 0.1) is 6.92 Å². The van der Waals surface area contributed by atoms with E-state index in [2.05, 4.69) is 16.0 Å². The van der Waals surface area contributed by atoms with Gasteiger partial charge in [0.2, 0.25) is 10.1 Å². The predicted molar refractivity (Wildman–Crippen MR) is 94.5 cm³/mol. The van der Waals surface area contributed by atoms with Crippen LogP contribution in [-0.4, -0.2) is 35.4 Å². The van der Waals surface area contributed by atoms with Crippen molar-refractivity contribution in [3.63, 3.8) is 0 Å². The molecule has 4 rings (SSSR count). The molecule has 6 nitrogen and oxygen atoms in total. The number of imidazole rings is 1. The number of anilines is 1. The molecule has 0 radical (unpaired) electrons. The molecule has 0 N–H and O–H groups in total. The summed E-state index contributed by atoms with van der Waals surface area (Å²) in [4.78, 5) is 7.81. The summed E-state index contributed by atoms with van der Waals surface area (Å²) in [5, 5.41) is 5.73. The first-order chi connectivity index (χ1) is 11.7. The number of aryl methyl sites for hydroxylation is 1. The van der Waals surface area contributed by atoms with Crippen LogP contribution in [0.2, 0.25) is 0 Å². The maximum Gasteiger partial charge on any atom is 0.214 e. The predicted octanol–water partition coefficient (Wildman–Crippen LogP) is 3.46. The summed E-state index contributed by atoms with van der Waals surface area (Å²) in [7, 11) is 3.38. The molecule has 24 heavy (non-hydrogen) atoms. The molecule has 1 unspecified atom stereocenters. The van der Waals surface area contributed by atoms with E-state index in [1.54, 1.807) is 25.6 Å². The second kappa shape index (κ2) is 5.98. The molecule has 1 atom stereocenters. The van der Waals surface area contributed by atoms with E-state index in [1.807, 2.05) is 29.8 Å². The number of aromatic nitrogens is 3. The van der Waals surface area contributed by atoms with Crippen LogP contribution < -0.4 is 14.4 Å². The van der Waals surface area contributed by atoms with E-state index in [4.69, 9.17) is 14.6 Å². The van der Waals surface area contributed by atoms with Gasteiger partial charge in [-0.1, -0.05) is 11.3 Å². The standard InChI is InChI=1S/C17H20N4O2S/c1-11-10-21-16(18-11)24-17(19-21)20-8-4-5-14(20)13-7-6-12(22-2)9-15(13)23-3/h6-7,9-10,14H,4-5,8H2,1-3H3. The maximum atomic E-state index is 5.60. The third-order valence-electron chi connectivity index (χ3n) is 4.45. The topological polar surface area (TPSA) is 51.9 Å². The van der Waals surface area contributed by atoms with Gasteiger partial charge in [-0.05, 0) is 31.9 Å². The molecular formula is C17H20N4O2S. The van der Waals surface area contributed by atoms with E-state index >= 15 is 0 Å². The smallest absolute Gasteiger partial charge is 0.214 e. The average molecular weight is 344 g/mol. The molecular weight excluding hydrogens is 324 g/mol. The Labute approximate surface area is 144 Å². The van der Waals surface area contributed by atoms with Crippen LogP contribution in [0.15, 0.2) is 24.4 Å². The molecule has 1 aliphatic rings. The molecule has 1 aliphatic heterocycles. The monoisotopic (exact) mass is 344 g/mol. The van der Waals surface area contributed by atoms with Crippen LogP contribution in [0.1, 0.15) is 30.1 Å². The van der Waals surface area contributed by atoms with Crippen molar-refractivity contribution >= 4 is 21.4 Å². The lowest BCUT2D eigenvalue weighted by Gasteiger charge is -2.25. The summed E-state index contributed by atoms with van der Waals surface area (Å²) >= 11 is 1.64. The van der Waals surface area contributed by atoms with Gasteiger partial charge < -0.3 is 14.4 Å². The van der Waals surface area contributed by atoms with E-state index in [0.29, 0.717) is 0 Å². The lowest BCUT2D eigenvalue weighted by molar-refractivity contribution is 0.388. The number of methoxy groups -OCH3 is 2. The minimum absolute atomic E-state index is 0.266. The van der Waals surface area contributed by atoms with Crippen molar-refractivity contribution in [3.8, 4) is 11.5 Å². The molecule has 126 valence electrons. The molecule has 3 aromatic rings. The minimum Gasteiger partial charge on any atom is -0.497 e. The minimum atomic E-state index is 0.266. The molecule has 2 aromatic heterocycles. The van der Waals surface area contributed by atoms with Gasteiger partial charge in [0.25, 0.3) is 0 Å². The lowest BCUT2D eigenvalue weighted by atomic mass is 10.0. The highest BCUT2D eigenvalue weighted by molar-refractivity contribution is 7.20. The Morgan fingerprint density at radius 1 is 1.25 bits per heavy atom. The first-order valence-corrected chi connectivity index (χ1v) is 8.82. The number of benzene rings is 1. The van der Waals surface area contributed by atoms with E-state index in [9.17, 15) is 0 Å². The highest BCUT2D eigenvalue weighted by atomic mass is 32.1. The molecule has 0 aliphatic carbocycles. The van der Waals surface area contributed by atoms with Crippen molar-refractivity contribution in [2.24, 2.45) is 0 Å². The van der Waals surface area contributed by atoms with Crippen LogP contribution in [0.25, 0.3) is 4.96 Å². The Morgan fingerprint density at radius 3 is 2.88 bits per heavy atom. The van der Waals surface area contributed by atoms with Crippen LogP contribution in [0.3, 0.4) is 0 Å². The zero-order chi connectivity index (χ0) is 16.7. The Morgan fingerprint density at radius 2 is 2.12 bits per heavy atom. The molecule has 0 amide bonds. The summed E-state index contributed by atoms with van der Waals surface area (Å²) in [6.45, 7) is 2.98. The zero-order valence-corrected chi connectivity index (χ0v) is 14.8. The van der Waals surface area contributed by atoms with Gasteiger partial charge in [0.15, 0.2) is 0 Å². The fourth-order valence-corrected chi connectivity index (χ4v) is 4.33. The van der Waals surface area contributed by atoms with E-state index < -0.39 is 0 Å². The van der Waals surface area contributed by atoms with E-state index in [0.717, 1.165) is 46.7 Å². The van der Waals surface area contributed by atoms with Crippen molar-refractivity contribution in [3.05, 3.63) is 35.7 Å². The molecule has 1 saturated heterocycles. The van der Waals surface area contributed by atoms with Gasteiger partial charge in [-0.2, -0.15) is 0 Å². The third-order valence-corrected chi connectivity index (χ3v) is 5.41. The third kappa shape index (κ3) is 2.49. The van der Waals surface area contributed by atoms with Crippen molar-refractivity contribution in [1.82, 2.24) is 14.6 Å². The SMILES string of the molecule is COc1ccc(C2CCCN2c2nn3cc(C)nc3s2)c(OC)c1. The largest absolute Gasteiger partial charge is 0.497 e. The maximum absolute atomic E-state index is 5.60. The molecule has 3 heterocycles. The van der Waals surface area contributed by atoms with Crippen molar-refractivity contribution in [2.75, 3.05) is 25.7 Å². The van der Waals surface area contributed by atoms with Crippen LogP contribution in [0.5, 0.6) is 11.5 Å². The summed E-state index contributed by atoms with van der Waals surface area (Å²) in [5.74, 6) is 1.67. The Bertz CT molecular complexity index is 841. The lowest BCUT2D eigenvalue weighted by Crippen LogP contribution is -2.23. The molecule has 1 aromatic carbocycles. The Kier molecular flexibility index (Phi) is 3.80. The van der Waals surface area contributed by atoms with Gasteiger partial charge in [0.05, 0.1) is 32.2 Å². The molecule has 0 spiro atoms. The van der Waals surface area contributed by atoms with Gasteiger partial charge in [-0.15, -0.1) is 5.10 Å². The first-order valence-electron chi connectivity index (χ1n) is 8.01. The average Bonchev–Trinajstić information content (AvgIpc) is 3.27. The van der Waals surface area contributed by atoms with Gasteiger partial charge in [-0.3, -0.25) is 0 Å². The van der Waals surface area contributed by atoms with Crippen LogP contribution in [-0.2, 0) is 0 Å². The van der Waals surface area contributed by atoms with Crippen molar-refractivity contribution < 1.29 is 9.47 Å². The Balaban J connectivity index is 1.70. The number of nitrogens with zero attached hydrogens (tertiary/aromatic N) is 4. The number of hydrogen-bond donors (Lipinski definition) is 0. The fourth-order valence-electron chi connectivity index (χ4n) is 3.33. The number of ether oxygens (including phenoxy) is 2. The molecule has 0 bridgehead atoms. The molecule has 0 saturated carbocycles.